The second kappa shape index (κ2) is 6.49. The Morgan fingerprint density at radius 3 is 2.78 bits per heavy atom. The van der Waals surface area contributed by atoms with Gasteiger partial charge in [-0.25, -0.2) is 14.2 Å². The maximum atomic E-state index is 13.8. The minimum atomic E-state index is -1.45. The van der Waals surface area contributed by atoms with Gasteiger partial charge in [-0.15, -0.1) is 0 Å². The van der Waals surface area contributed by atoms with Gasteiger partial charge in [-0.1, -0.05) is 17.7 Å². The number of hydrogen-bond donors (Lipinski definition) is 2. The predicted octanol–water partition coefficient (Wildman–Crippen LogP) is 2.10. The van der Waals surface area contributed by atoms with Crippen LogP contribution in [0.4, 0.5) is 15.1 Å². The van der Waals surface area contributed by atoms with Gasteiger partial charge in [0.25, 0.3) is 11.5 Å². The van der Waals surface area contributed by atoms with E-state index in [2.05, 4.69) is 4.98 Å². The van der Waals surface area contributed by atoms with Crippen LogP contribution >= 0.6 is 11.6 Å². The summed E-state index contributed by atoms with van der Waals surface area (Å²) in [4.78, 5) is 42.2. The number of amides is 2. The number of nitrogens with one attached hydrogen (secondary N) is 1. The van der Waals surface area contributed by atoms with Gasteiger partial charge in [0.2, 0.25) is 5.95 Å². The van der Waals surface area contributed by atoms with Gasteiger partial charge < -0.3 is 10.0 Å². The van der Waals surface area contributed by atoms with Gasteiger partial charge in [0.15, 0.2) is 0 Å². The predicted molar refractivity (Wildman–Crippen MR) is 96.1 cm³/mol. The molecule has 2 fully saturated rings. The molecule has 8 nitrogen and oxygen atoms in total. The Bertz CT molecular complexity index is 1010. The SMILES string of the molecule is O=C(O)NC(=O)[C@@H]1CCCN1c1nc2cccc(Cl)c2c(=O)n1[C@@H]1C[C@@H]1F. The number of benzene rings is 1. The Balaban J connectivity index is 1.86. The molecule has 1 saturated carbocycles. The summed E-state index contributed by atoms with van der Waals surface area (Å²) >= 11 is 6.15. The van der Waals surface area contributed by atoms with E-state index in [1.165, 1.54) is 4.57 Å². The first-order valence-electron chi connectivity index (χ1n) is 8.53. The van der Waals surface area contributed by atoms with Gasteiger partial charge in [-0.2, -0.15) is 0 Å². The number of hydrogen-bond acceptors (Lipinski definition) is 5. The Morgan fingerprint density at radius 2 is 2.11 bits per heavy atom. The van der Waals surface area contributed by atoms with Gasteiger partial charge >= 0.3 is 6.09 Å². The molecule has 1 aromatic carbocycles. The quantitative estimate of drug-likeness (QED) is 0.826. The van der Waals surface area contributed by atoms with Crippen LogP contribution in [0.1, 0.15) is 25.3 Å². The van der Waals surface area contributed by atoms with Crippen molar-refractivity contribution in [2.24, 2.45) is 0 Å². The van der Waals surface area contributed by atoms with Crippen LogP contribution < -0.4 is 15.8 Å². The van der Waals surface area contributed by atoms with Gasteiger partial charge in [0, 0.05) is 13.0 Å². The van der Waals surface area contributed by atoms with E-state index in [9.17, 15) is 18.8 Å². The standard InChI is InChI=1S/C17H16ClFN4O4/c18-8-3-1-4-10-13(8)15(25)23(12-7-9(12)19)16(20-10)22-6-2-5-11(22)14(24)21-17(26)27/h1,3-4,9,11-12H,2,5-7H2,(H,21,24)(H,26,27)/t9-,11-,12+/m0/s1. The number of alkyl halides is 1. The topological polar surface area (TPSA) is 105 Å². The van der Waals surface area contributed by atoms with Crippen LogP contribution in [-0.2, 0) is 4.79 Å². The van der Waals surface area contributed by atoms with Gasteiger partial charge in [-0.05, 0) is 25.0 Å². The van der Waals surface area contributed by atoms with E-state index in [4.69, 9.17) is 16.7 Å². The number of rotatable bonds is 3. The molecule has 27 heavy (non-hydrogen) atoms. The molecule has 0 unspecified atom stereocenters. The fraction of sp³-hybridized carbons (Fsp3) is 0.412. The first kappa shape index (κ1) is 17.7. The summed E-state index contributed by atoms with van der Waals surface area (Å²) in [6.45, 7) is 0.403. The molecule has 142 valence electrons. The molecular weight excluding hydrogens is 379 g/mol. The van der Waals surface area contributed by atoms with E-state index in [1.807, 2.05) is 5.32 Å². The molecule has 3 atom stereocenters. The number of fused-ring (bicyclic) bond motifs is 1. The smallest absolute Gasteiger partial charge is 0.411 e. The number of carbonyl (C=O) groups excluding carboxylic acids is 1. The molecule has 2 aliphatic rings. The van der Waals surface area contributed by atoms with Crippen molar-refractivity contribution in [1.29, 1.82) is 0 Å². The Morgan fingerprint density at radius 1 is 1.37 bits per heavy atom. The second-order valence-electron chi connectivity index (χ2n) is 6.69. The number of anilines is 1. The molecule has 1 aliphatic heterocycles. The molecule has 0 spiro atoms. The maximum absolute atomic E-state index is 13.8. The van der Waals surface area contributed by atoms with Gasteiger partial charge in [0.1, 0.15) is 12.2 Å². The zero-order valence-corrected chi connectivity index (χ0v) is 14.8. The van der Waals surface area contributed by atoms with Crippen LogP contribution in [0.2, 0.25) is 5.02 Å². The van der Waals surface area contributed by atoms with Crippen LogP contribution in [-0.4, -0.2) is 45.4 Å². The summed E-state index contributed by atoms with van der Waals surface area (Å²) in [7, 11) is 0. The molecule has 10 heteroatoms. The summed E-state index contributed by atoms with van der Waals surface area (Å²) in [5.74, 6) is -0.525. The Kier molecular flexibility index (Phi) is 4.26. The lowest BCUT2D eigenvalue weighted by molar-refractivity contribution is -0.121. The average molecular weight is 395 g/mol. The molecule has 4 rings (SSSR count). The van der Waals surface area contributed by atoms with Crippen molar-refractivity contribution in [3.63, 3.8) is 0 Å². The fourth-order valence-electron chi connectivity index (χ4n) is 3.58. The van der Waals surface area contributed by atoms with Crippen LogP contribution in [0, 0.1) is 0 Å². The van der Waals surface area contributed by atoms with Gasteiger partial charge in [0.05, 0.1) is 22.0 Å². The molecule has 2 amide bonds. The van der Waals surface area contributed by atoms with Crippen molar-refractivity contribution in [2.75, 3.05) is 11.4 Å². The Hall–Kier alpha value is -2.68. The summed E-state index contributed by atoms with van der Waals surface area (Å²) in [6, 6.07) is 3.38. The summed E-state index contributed by atoms with van der Waals surface area (Å²) < 4.78 is 15.1. The highest BCUT2D eigenvalue weighted by Gasteiger charge is 2.44. The molecule has 1 aliphatic carbocycles. The molecular formula is C17H16ClFN4O4. The second-order valence-corrected chi connectivity index (χ2v) is 7.09. The van der Waals surface area contributed by atoms with Crippen molar-refractivity contribution in [3.8, 4) is 0 Å². The minimum Gasteiger partial charge on any atom is -0.465 e. The number of carboxylic acid groups (broad SMARTS) is 1. The number of imide groups is 1. The third-order valence-electron chi connectivity index (χ3n) is 4.92. The normalized spacial score (nSPS) is 24.2. The van der Waals surface area contributed by atoms with Crippen LogP contribution in [0.25, 0.3) is 10.9 Å². The molecule has 2 N–H and O–H groups in total. The molecule has 1 aromatic heterocycles. The molecule has 1 saturated heterocycles. The van der Waals surface area contributed by atoms with Crippen molar-refractivity contribution in [1.82, 2.24) is 14.9 Å². The zero-order chi connectivity index (χ0) is 19.3. The van der Waals surface area contributed by atoms with E-state index in [-0.39, 0.29) is 22.8 Å². The lowest BCUT2D eigenvalue weighted by atomic mass is 10.2. The Labute approximate surface area is 157 Å². The average Bonchev–Trinajstić information content (AvgIpc) is 3.12. The largest absolute Gasteiger partial charge is 0.465 e. The van der Waals surface area contributed by atoms with E-state index in [0.717, 1.165) is 0 Å². The van der Waals surface area contributed by atoms with Crippen molar-refractivity contribution < 1.29 is 19.1 Å². The van der Waals surface area contributed by atoms with Crippen molar-refractivity contribution >= 4 is 40.5 Å². The first-order valence-corrected chi connectivity index (χ1v) is 8.91. The highest BCUT2D eigenvalue weighted by molar-refractivity contribution is 6.35. The molecule has 0 radical (unpaired) electrons. The third kappa shape index (κ3) is 3.01. The van der Waals surface area contributed by atoms with E-state index >= 15 is 0 Å². The number of halogens is 2. The monoisotopic (exact) mass is 394 g/mol. The van der Waals surface area contributed by atoms with E-state index < -0.39 is 35.8 Å². The number of aromatic nitrogens is 2. The summed E-state index contributed by atoms with van der Waals surface area (Å²) in [6.07, 6.45) is -1.41. The lowest BCUT2D eigenvalue weighted by Crippen LogP contribution is -2.47. The van der Waals surface area contributed by atoms with Crippen molar-refractivity contribution in [2.45, 2.75) is 37.5 Å². The third-order valence-corrected chi connectivity index (χ3v) is 5.23. The summed E-state index contributed by atoms with van der Waals surface area (Å²) in [5.41, 5.74) is -0.117. The number of nitrogens with zero attached hydrogens (tertiary/aromatic N) is 3. The maximum Gasteiger partial charge on any atom is 0.411 e. The van der Waals surface area contributed by atoms with Gasteiger partial charge in [-0.3, -0.25) is 19.5 Å². The van der Waals surface area contributed by atoms with Crippen LogP contribution in [0.5, 0.6) is 0 Å². The van der Waals surface area contributed by atoms with Crippen molar-refractivity contribution in [3.05, 3.63) is 33.6 Å². The van der Waals surface area contributed by atoms with Crippen LogP contribution in [0.15, 0.2) is 23.0 Å². The molecule has 0 bridgehead atoms. The van der Waals surface area contributed by atoms with E-state index in [1.54, 1.807) is 23.1 Å². The lowest BCUT2D eigenvalue weighted by Gasteiger charge is -2.27. The van der Waals surface area contributed by atoms with Crippen LogP contribution in [0.3, 0.4) is 0 Å². The highest BCUT2D eigenvalue weighted by Crippen LogP contribution is 2.41. The molecule has 2 aromatic rings. The fourth-order valence-corrected chi connectivity index (χ4v) is 3.83. The minimum absolute atomic E-state index is 0.169. The van der Waals surface area contributed by atoms with E-state index in [0.29, 0.717) is 24.9 Å². The first-order chi connectivity index (χ1) is 12.9. The molecule has 2 heterocycles. The number of carbonyl (C=O) groups is 2. The highest BCUT2D eigenvalue weighted by atomic mass is 35.5. The zero-order valence-electron chi connectivity index (χ0n) is 14.1. The summed E-state index contributed by atoms with van der Waals surface area (Å²) in [5, 5.41) is 11.1.